The Kier molecular flexibility index (Phi) is 4.41. The Balaban J connectivity index is 1.84. The third kappa shape index (κ3) is 3.25. The van der Waals surface area contributed by atoms with Crippen LogP contribution >= 0.6 is 0 Å². The Hall–Kier alpha value is -1.86. The second-order valence-electron chi connectivity index (χ2n) is 5.80. The second-order valence-corrected chi connectivity index (χ2v) is 7.73. The lowest BCUT2D eigenvalue weighted by Crippen LogP contribution is -2.39. The van der Waals surface area contributed by atoms with Gasteiger partial charge in [-0.1, -0.05) is 6.07 Å². The average molecular weight is 335 g/mol. The normalized spacial score (nSPS) is 19.7. The number of nitrogens with zero attached hydrogens (tertiary/aromatic N) is 3. The van der Waals surface area contributed by atoms with Crippen LogP contribution in [0.25, 0.3) is 0 Å². The number of hydrogen-bond acceptors (Lipinski definition) is 4. The molecule has 2 aromatic rings. The predicted octanol–water partition coefficient (Wildman–Crippen LogP) is 2.00. The SMILES string of the molecule is COc1cccc(S(=O)(=O)N2CCCC(c3ccn(C)n3)C2)c1. The first-order chi connectivity index (χ1) is 11.0. The molecule has 0 amide bonds. The van der Waals surface area contributed by atoms with E-state index in [2.05, 4.69) is 5.10 Å². The van der Waals surface area contributed by atoms with Crippen LogP contribution in [-0.2, 0) is 17.1 Å². The minimum absolute atomic E-state index is 0.144. The molecule has 7 heteroatoms. The van der Waals surface area contributed by atoms with E-state index >= 15 is 0 Å². The molecule has 124 valence electrons. The lowest BCUT2D eigenvalue weighted by Gasteiger charge is -2.31. The van der Waals surface area contributed by atoms with Gasteiger partial charge in [-0.2, -0.15) is 9.40 Å². The van der Waals surface area contributed by atoms with Crippen molar-refractivity contribution in [2.24, 2.45) is 7.05 Å². The van der Waals surface area contributed by atoms with Crippen LogP contribution in [0.4, 0.5) is 0 Å². The first-order valence-electron chi connectivity index (χ1n) is 7.64. The van der Waals surface area contributed by atoms with Gasteiger partial charge in [0.25, 0.3) is 0 Å². The molecule has 0 aliphatic carbocycles. The Morgan fingerprint density at radius 2 is 2.13 bits per heavy atom. The van der Waals surface area contributed by atoms with Crippen molar-refractivity contribution in [3.05, 3.63) is 42.2 Å². The van der Waals surface area contributed by atoms with Crippen molar-refractivity contribution >= 4 is 10.0 Å². The first-order valence-corrected chi connectivity index (χ1v) is 9.08. The monoisotopic (exact) mass is 335 g/mol. The van der Waals surface area contributed by atoms with Gasteiger partial charge in [-0.25, -0.2) is 8.42 Å². The zero-order valence-electron chi connectivity index (χ0n) is 13.3. The Morgan fingerprint density at radius 1 is 1.30 bits per heavy atom. The van der Waals surface area contributed by atoms with Gasteiger partial charge in [0.15, 0.2) is 0 Å². The fraction of sp³-hybridized carbons (Fsp3) is 0.438. The molecule has 6 nitrogen and oxygen atoms in total. The second kappa shape index (κ2) is 6.33. The molecule has 1 aromatic carbocycles. The van der Waals surface area contributed by atoms with Crippen molar-refractivity contribution in [2.75, 3.05) is 20.2 Å². The number of piperidine rings is 1. The lowest BCUT2D eigenvalue weighted by atomic mass is 9.96. The van der Waals surface area contributed by atoms with Gasteiger partial charge in [-0.15, -0.1) is 0 Å². The van der Waals surface area contributed by atoms with Crippen LogP contribution in [0, 0.1) is 0 Å². The average Bonchev–Trinajstić information content (AvgIpc) is 3.01. The van der Waals surface area contributed by atoms with Gasteiger partial charge in [-0.05, 0) is 31.0 Å². The maximum absolute atomic E-state index is 12.9. The summed E-state index contributed by atoms with van der Waals surface area (Å²) < 4.78 is 34.2. The smallest absolute Gasteiger partial charge is 0.243 e. The summed E-state index contributed by atoms with van der Waals surface area (Å²) in [6.07, 6.45) is 3.69. The van der Waals surface area contributed by atoms with Gasteiger partial charge < -0.3 is 4.74 Å². The van der Waals surface area contributed by atoms with E-state index in [0.717, 1.165) is 18.5 Å². The summed E-state index contributed by atoms with van der Waals surface area (Å²) in [6.45, 7) is 1.01. The number of aryl methyl sites for hydroxylation is 1. The molecule has 0 radical (unpaired) electrons. The summed E-state index contributed by atoms with van der Waals surface area (Å²) in [6, 6.07) is 8.59. The van der Waals surface area contributed by atoms with Crippen LogP contribution in [-0.4, -0.2) is 42.7 Å². The molecule has 1 unspecified atom stereocenters. The highest BCUT2D eigenvalue weighted by molar-refractivity contribution is 7.89. The molecule has 1 aliphatic heterocycles. The molecule has 0 saturated carbocycles. The molecule has 0 bridgehead atoms. The van der Waals surface area contributed by atoms with Crippen LogP contribution in [0.2, 0.25) is 0 Å². The van der Waals surface area contributed by atoms with Crippen molar-refractivity contribution in [3.63, 3.8) is 0 Å². The number of aromatic nitrogens is 2. The van der Waals surface area contributed by atoms with E-state index in [0.29, 0.717) is 18.8 Å². The van der Waals surface area contributed by atoms with Crippen LogP contribution in [0.15, 0.2) is 41.4 Å². The number of ether oxygens (including phenoxy) is 1. The molecule has 1 saturated heterocycles. The molecule has 2 heterocycles. The maximum atomic E-state index is 12.9. The molecular formula is C16H21N3O3S. The van der Waals surface area contributed by atoms with E-state index < -0.39 is 10.0 Å². The highest BCUT2D eigenvalue weighted by Crippen LogP contribution is 2.30. The highest BCUT2D eigenvalue weighted by atomic mass is 32.2. The van der Waals surface area contributed by atoms with Crippen LogP contribution in [0.3, 0.4) is 0 Å². The number of benzene rings is 1. The minimum atomic E-state index is -3.51. The summed E-state index contributed by atoms with van der Waals surface area (Å²) in [5.74, 6) is 0.690. The number of methoxy groups -OCH3 is 1. The highest BCUT2D eigenvalue weighted by Gasteiger charge is 2.31. The van der Waals surface area contributed by atoms with Crippen molar-refractivity contribution in [1.29, 1.82) is 0 Å². The van der Waals surface area contributed by atoms with Crippen LogP contribution < -0.4 is 4.74 Å². The predicted molar refractivity (Wildman–Crippen MR) is 86.9 cm³/mol. The van der Waals surface area contributed by atoms with Gasteiger partial charge in [-0.3, -0.25) is 4.68 Å². The Labute approximate surface area is 136 Å². The summed E-state index contributed by atoms with van der Waals surface area (Å²) in [5, 5.41) is 4.43. The fourth-order valence-electron chi connectivity index (χ4n) is 2.96. The molecule has 1 atom stereocenters. The molecule has 3 rings (SSSR count). The van der Waals surface area contributed by atoms with E-state index in [1.54, 1.807) is 33.3 Å². The molecule has 1 fully saturated rings. The zero-order chi connectivity index (χ0) is 16.4. The lowest BCUT2D eigenvalue weighted by molar-refractivity contribution is 0.311. The van der Waals surface area contributed by atoms with E-state index in [-0.39, 0.29) is 10.8 Å². The van der Waals surface area contributed by atoms with Crippen molar-refractivity contribution < 1.29 is 13.2 Å². The van der Waals surface area contributed by atoms with Crippen molar-refractivity contribution in [1.82, 2.24) is 14.1 Å². The van der Waals surface area contributed by atoms with Crippen molar-refractivity contribution in [3.8, 4) is 5.75 Å². The summed E-state index contributed by atoms with van der Waals surface area (Å²) in [4.78, 5) is 0.276. The van der Waals surface area contributed by atoms with E-state index in [9.17, 15) is 8.42 Å². The summed E-state index contributed by atoms with van der Waals surface area (Å²) in [5.41, 5.74) is 0.957. The molecule has 23 heavy (non-hydrogen) atoms. The third-order valence-electron chi connectivity index (χ3n) is 4.22. The molecule has 0 spiro atoms. The summed E-state index contributed by atoms with van der Waals surface area (Å²) in [7, 11) is -0.106. The maximum Gasteiger partial charge on any atom is 0.243 e. The van der Waals surface area contributed by atoms with Gasteiger partial charge in [0, 0.05) is 38.3 Å². The topological polar surface area (TPSA) is 64.4 Å². The van der Waals surface area contributed by atoms with Gasteiger partial charge in [0.05, 0.1) is 17.7 Å². The van der Waals surface area contributed by atoms with Crippen LogP contribution in [0.5, 0.6) is 5.75 Å². The number of sulfonamides is 1. The third-order valence-corrected chi connectivity index (χ3v) is 6.08. The van der Waals surface area contributed by atoms with E-state index in [4.69, 9.17) is 4.74 Å². The van der Waals surface area contributed by atoms with E-state index in [1.165, 1.54) is 7.11 Å². The zero-order valence-corrected chi connectivity index (χ0v) is 14.2. The quantitative estimate of drug-likeness (QED) is 0.857. The number of hydrogen-bond donors (Lipinski definition) is 0. The van der Waals surface area contributed by atoms with Gasteiger partial charge in [0.2, 0.25) is 10.0 Å². The largest absolute Gasteiger partial charge is 0.497 e. The molecule has 0 N–H and O–H groups in total. The standard InChI is InChI=1S/C16H21N3O3S/c1-18-10-8-16(17-18)13-5-4-9-19(12-13)23(20,21)15-7-3-6-14(11-15)22-2/h3,6-8,10-11,13H,4-5,9,12H2,1-2H3. The van der Waals surface area contributed by atoms with Crippen molar-refractivity contribution in [2.45, 2.75) is 23.7 Å². The fourth-order valence-corrected chi connectivity index (χ4v) is 4.52. The van der Waals surface area contributed by atoms with Gasteiger partial charge >= 0.3 is 0 Å². The van der Waals surface area contributed by atoms with E-state index in [1.807, 2.05) is 19.3 Å². The molecule has 1 aromatic heterocycles. The summed E-state index contributed by atoms with van der Waals surface area (Å²) >= 11 is 0. The minimum Gasteiger partial charge on any atom is -0.497 e. The Bertz CT molecular complexity index is 785. The van der Waals surface area contributed by atoms with Gasteiger partial charge in [0.1, 0.15) is 5.75 Å². The first kappa shape index (κ1) is 16.0. The Morgan fingerprint density at radius 3 is 2.83 bits per heavy atom. The van der Waals surface area contributed by atoms with Crippen LogP contribution in [0.1, 0.15) is 24.5 Å². The molecular weight excluding hydrogens is 314 g/mol. The molecule has 1 aliphatic rings. The number of rotatable bonds is 4.